The highest BCUT2D eigenvalue weighted by molar-refractivity contribution is 6.03. The first-order chi connectivity index (χ1) is 13.0. The Balaban J connectivity index is 1.75. The SMILES string of the molecule is N#Cc1ccccc1Nc1ccc(C(=O)Nc2ccc(F)c(F)c2F)nc1. The highest BCUT2D eigenvalue weighted by atomic mass is 19.2. The molecule has 2 aromatic carbocycles. The minimum Gasteiger partial charge on any atom is -0.353 e. The number of carbonyl (C=O) groups is 1. The van der Waals surface area contributed by atoms with Crippen LogP contribution < -0.4 is 10.6 Å². The second kappa shape index (κ2) is 7.58. The quantitative estimate of drug-likeness (QED) is 0.671. The van der Waals surface area contributed by atoms with Crippen molar-refractivity contribution >= 4 is 23.0 Å². The Bertz CT molecular complexity index is 1050. The average Bonchev–Trinajstić information content (AvgIpc) is 2.69. The number of halogens is 3. The molecule has 5 nitrogen and oxygen atoms in total. The number of aromatic nitrogens is 1. The number of benzene rings is 2. The molecule has 8 heteroatoms. The van der Waals surface area contributed by atoms with Crippen LogP contribution in [0.1, 0.15) is 16.1 Å². The topological polar surface area (TPSA) is 77.8 Å². The molecule has 1 amide bonds. The van der Waals surface area contributed by atoms with E-state index in [0.717, 1.165) is 6.07 Å². The van der Waals surface area contributed by atoms with Crippen LogP contribution >= 0.6 is 0 Å². The Hall–Kier alpha value is -3.86. The molecule has 0 spiro atoms. The van der Waals surface area contributed by atoms with Crippen molar-refractivity contribution in [3.63, 3.8) is 0 Å². The van der Waals surface area contributed by atoms with Gasteiger partial charge < -0.3 is 10.6 Å². The molecule has 0 radical (unpaired) electrons. The minimum atomic E-state index is -1.67. The van der Waals surface area contributed by atoms with Gasteiger partial charge in [-0.05, 0) is 36.4 Å². The molecule has 1 heterocycles. The first-order valence-corrected chi connectivity index (χ1v) is 7.66. The van der Waals surface area contributed by atoms with E-state index in [4.69, 9.17) is 5.26 Å². The third-order valence-electron chi connectivity index (χ3n) is 3.61. The first-order valence-electron chi connectivity index (χ1n) is 7.66. The van der Waals surface area contributed by atoms with Crippen LogP contribution in [0.5, 0.6) is 0 Å². The number of pyridine rings is 1. The Morgan fingerprint density at radius 3 is 2.44 bits per heavy atom. The number of nitriles is 1. The predicted molar refractivity (Wildman–Crippen MR) is 92.9 cm³/mol. The molecule has 1 aromatic heterocycles. The fourth-order valence-corrected chi connectivity index (χ4v) is 2.26. The van der Waals surface area contributed by atoms with E-state index in [2.05, 4.69) is 15.6 Å². The van der Waals surface area contributed by atoms with Gasteiger partial charge in [-0.3, -0.25) is 4.79 Å². The molecule has 134 valence electrons. The van der Waals surface area contributed by atoms with Crippen LogP contribution in [0.3, 0.4) is 0 Å². The smallest absolute Gasteiger partial charge is 0.274 e. The van der Waals surface area contributed by atoms with E-state index < -0.39 is 29.0 Å². The van der Waals surface area contributed by atoms with Crippen molar-refractivity contribution in [1.82, 2.24) is 4.98 Å². The number of para-hydroxylation sites is 1. The summed E-state index contributed by atoms with van der Waals surface area (Å²) in [5.41, 5.74) is 0.980. The van der Waals surface area contributed by atoms with Gasteiger partial charge in [-0.15, -0.1) is 0 Å². The molecular weight excluding hydrogens is 357 g/mol. The maximum absolute atomic E-state index is 13.6. The number of hydrogen-bond donors (Lipinski definition) is 2. The monoisotopic (exact) mass is 368 g/mol. The summed E-state index contributed by atoms with van der Waals surface area (Å²) in [6, 6.07) is 13.4. The number of rotatable bonds is 4. The lowest BCUT2D eigenvalue weighted by Gasteiger charge is -2.09. The molecule has 0 bridgehead atoms. The number of carbonyl (C=O) groups excluding carboxylic acids is 1. The van der Waals surface area contributed by atoms with E-state index in [-0.39, 0.29) is 5.69 Å². The van der Waals surface area contributed by atoms with Gasteiger partial charge in [-0.2, -0.15) is 5.26 Å². The summed E-state index contributed by atoms with van der Waals surface area (Å²) in [5, 5.41) is 14.2. The zero-order valence-electron chi connectivity index (χ0n) is 13.6. The van der Waals surface area contributed by atoms with Crippen molar-refractivity contribution in [2.45, 2.75) is 0 Å². The molecule has 0 unspecified atom stereocenters. The van der Waals surface area contributed by atoms with E-state index >= 15 is 0 Å². The predicted octanol–water partition coefficient (Wildman–Crippen LogP) is 4.37. The van der Waals surface area contributed by atoms with Crippen LogP contribution in [0.15, 0.2) is 54.7 Å². The molecule has 3 rings (SSSR count). The van der Waals surface area contributed by atoms with E-state index in [0.29, 0.717) is 23.0 Å². The Kier molecular flexibility index (Phi) is 5.04. The summed E-state index contributed by atoms with van der Waals surface area (Å²) >= 11 is 0. The van der Waals surface area contributed by atoms with Crippen molar-refractivity contribution in [3.8, 4) is 6.07 Å². The fourth-order valence-electron chi connectivity index (χ4n) is 2.26. The number of hydrogen-bond acceptors (Lipinski definition) is 4. The van der Waals surface area contributed by atoms with E-state index in [1.807, 2.05) is 6.07 Å². The van der Waals surface area contributed by atoms with E-state index in [1.165, 1.54) is 18.3 Å². The average molecular weight is 368 g/mol. The summed E-state index contributed by atoms with van der Waals surface area (Å²) in [4.78, 5) is 16.1. The molecule has 0 aliphatic heterocycles. The van der Waals surface area contributed by atoms with Gasteiger partial charge in [-0.1, -0.05) is 12.1 Å². The zero-order chi connectivity index (χ0) is 19.4. The Labute approximate surface area is 152 Å². The van der Waals surface area contributed by atoms with Gasteiger partial charge in [0, 0.05) is 0 Å². The summed E-state index contributed by atoms with van der Waals surface area (Å²) in [7, 11) is 0. The molecular formula is C19H11F3N4O. The van der Waals surface area contributed by atoms with Crippen molar-refractivity contribution in [2.24, 2.45) is 0 Å². The molecule has 0 saturated heterocycles. The van der Waals surface area contributed by atoms with Crippen LogP contribution in [0.25, 0.3) is 0 Å². The molecule has 0 aliphatic carbocycles. The van der Waals surface area contributed by atoms with Crippen LogP contribution in [-0.2, 0) is 0 Å². The summed E-state index contributed by atoms with van der Waals surface area (Å²) in [6.45, 7) is 0. The number of nitrogens with zero attached hydrogens (tertiary/aromatic N) is 2. The Morgan fingerprint density at radius 2 is 1.74 bits per heavy atom. The largest absolute Gasteiger partial charge is 0.353 e. The standard InChI is InChI=1S/C19H11F3N4O/c20-13-6-8-15(18(22)17(13)21)26-19(27)16-7-5-12(10-24-16)25-14-4-2-1-3-11(14)9-23/h1-8,10,25H,(H,26,27). The molecule has 0 aliphatic rings. The van der Waals surface area contributed by atoms with E-state index in [9.17, 15) is 18.0 Å². The van der Waals surface area contributed by atoms with E-state index in [1.54, 1.807) is 24.3 Å². The van der Waals surface area contributed by atoms with Gasteiger partial charge in [0.2, 0.25) is 0 Å². The lowest BCUT2D eigenvalue weighted by molar-refractivity contribution is 0.102. The molecule has 3 aromatic rings. The van der Waals surface area contributed by atoms with Crippen LogP contribution in [0.4, 0.5) is 30.2 Å². The van der Waals surface area contributed by atoms with Gasteiger partial charge in [0.25, 0.3) is 5.91 Å². The first kappa shape index (κ1) is 17.9. The molecule has 27 heavy (non-hydrogen) atoms. The van der Waals surface area contributed by atoms with Gasteiger partial charge in [0.15, 0.2) is 17.5 Å². The van der Waals surface area contributed by atoms with Gasteiger partial charge in [-0.25, -0.2) is 18.2 Å². The lowest BCUT2D eigenvalue weighted by atomic mass is 10.2. The van der Waals surface area contributed by atoms with Crippen molar-refractivity contribution in [1.29, 1.82) is 5.26 Å². The molecule has 2 N–H and O–H groups in total. The maximum Gasteiger partial charge on any atom is 0.274 e. The minimum absolute atomic E-state index is 0.0572. The summed E-state index contributed by atoms with van der Waals surface area (Å²) in [6.07, 6.45) is 1.35. The van der Waals surface area contributed by atoms with Crippen molar-refractivity contribution < 1.29 is 18.0 Å². The van der Waals surface area contributed by atoms with Crippen molar-refractivity contribution in [2.75, 3.05) is 10.6 Å². The number of nitrogens with one attached hydrogen (secondary N) is 2. The summed E-state index contributed by atoms with van der Waals surface area (Å²) in [5.74, 6) is -5.30. The molecule has 0 atom stereocenters. The zero-order valence-corrected chi connectivity index (χ0v) is 13.6. The Morgan fingerprint density at radius 1 is 0.963 bits per heavy atom. The van der Waals surface area contributed by atoms with Crippen molar-refractivity contribution in [3.05, 3.63) is 83.4 Å². The number of amides is 1. The fraction of sp³-hybridized carbons (Fsp3) is 0. The third kappa shape index (κ3) is 3.88. The second-order valence-electron chi connectivity index (χ2n) is 5.39. The van der Waals surface area contributed by atoms with Crippen LogP contribution in [0, 0.1) is 28.8 Å². The lowest BCUT2D eigenvalue weighted by Crippen LogP contribution is -2.15. The van der Waals surface area contributed by atoms with Gasteiger partial charge in [0.05, 0.1) is 28.8 Å². The summed E-state index contributed by atoms with van der Waals surface area (Å²) < 4.78 is 39.8. The normalized spacial score (nSPS) is 10.1. The number of anilines is 3. The van der Waals surface area contributed by atoms with Crippen LogP contribution in [-0.4, -0.2) is 10.9 Å². The third-order valence-corrected chi connectivity index (χ3v) is 3.61. The second-order valence-corrected chi connectivity index (χ2v) is 5.39. The maximum atomic E-state index is 13.6. The highest BCUT2D eigenvalue weighted by Gasteiger charge is 2.16. The molecule has 0 saturated carbocycles. The van der Waals surface area contributed by atoms with Crippen LogP contribution in [0.2, 0.25) is 0 Å². The van der Waals surface area contributed by atoms with Gasteiger partial charge >= 0.3 is 0 Å². The highest BCUT2D eigenvalue weighted by Crippen LogP contribution is 2.22. The van der Waals surface area contributed by atoms with Gasteiger partial charge in [0.1, 0.15) is 11.8 Å². The molecule has 0 fully saturated rings.